The van der Waals surface area contributed by atoms with Crippen molar-refractivity contribution in [2.75, 3.05) is 19.6 Å². The molecule has 2 aromatic heterocycles. The van der Waals surface area contributed by atoms with Crippen LogP contribution in [0.25, 0.3) is 11.5 Å². The van der Waals surface area contributed by atoms with Crippen molar-refractivity contribution in [1.82, 2.24) is 15.6 Å². The molecular formula is C20H24FIN4OS. The first-order valence-electron chi connectivity index (χ1n) is 8.99. The Hall–Kier alpha value is -1.94. The smallest absolute Gasteiger partial charge is 0.226 e. The molecule has 1 aromatic carbocycles. The number of guanidine groups is 1. The third-order valence-electron chi connectivity index (χ3n) is 3.87. The van der Waals surface area contributed by atoms with Crippen LogP contribution in [0.2, 0.25) is 0 Å². The average molecular weight is 514 g/mol. The maximum absolute atomic E-state index is 13.0. The molecule has 150 valence electrons. The molecule has 5 nitrogen and oxygen atoms in total. The van der Waals surface area contributed by atoms with Gasteiger partial charge in [0.15, 0.2) is 5.96 Å². The first-order chi connectivity index (χ1) is 13.2. The van der Waals surface area contributed by atoms with Gasteiger partial charge in [0, 0.05) is 42.9 Å². The summed E-state index contributed by atoms with van der Waals surface area (Å²) in [5.41, 5.74) is 1.61. The van der Waals surface area contributed by atoms with Gasteiger partial charge < -0.3 is 15.1 Å². The van der Waals surface area contributed by atoms with E-state index in [2.05, 4.69) is 38.1 Å². The van der Waals surface area contributed by atoms with Crippen LogP contribution in [0.4, 0.5) is 4.39 Å². The summed E-state index contributed by atoms with van der Waals surface area (Å²) >= 11 is 1.75. The zero-order valence-corrected chi connectivity index (χ0v) is 18.8. The van der Waals surface area contributed by atoms with Crippen LogP contribution < -0.4 is 10.6 Å². The van der Waals surface area contributed by atoms with Crippen LogP contribution >= 0.6 is 35.3 Å². The maximum atomic E-state index is 13.0. The van der Waals surface area contributed by atoms with Crippen LogP contribution in [0.5, 0.6) is 0 Å². The fraction of sp³-hybridized carbons (Fsp3) is 0.300. The number of aliphatic imine (C=N–C) groups is 1. The van der Waals surface area contributed by atoms with Gasteiger partial charge in [-0.2, -0.15) is 0 Å². The number of benzene rings is 1. The van der Waals surface area contributed by atoms with Crippen molar-refractivity contribution < 1.29 is 8.81 Å². The minimum Gasteiger partial charge on any atom is -0.444 e. The van der Waals surface area contributed by atoms with Gasteiger partial charge in [0.1, 0.15) is 12.1 Å². The maximum Gasteiger partial charge on any atom is 0.226 e. The minimum atomic E-state index is -0.274. The van der Waals surface area contributed by atoms with Crippen LogP contribution in [-0.4, -0.2) is 30.6 Å². The summed E-state index contributed by atoms with van der Waals surface area (Å²) in [6, 6.07) is 10.3. The molecule has 0 aliphatic heterocycles. The molecule has 0 saturated heterocycles. The number of nitrogens with zero attached hydrogens (tertiary/aromatic N) is 2. The predicted molar refractivity (Wildman–Crippen MR) is 123 cm³/mol. The third-order valence-corrected chi connectivity index (χ3v) is 4.81. The highest BCUT2D eigenvalue weighted by atomic mass is 127. The minimum absolute atomic E-state index is 0. The molecule has 3 rings (SSSR count). The topological polar surface area (TPSA) is 62.5 Å². The van der Waals surface area contributed by atoms with Gasteiger partial charge >= 0.3 is 0 Å². The molecule has 0 atom stereocenters. The molecule has 2 heterocycles. The Labute approximate surface area is 185 Å². The number of halogens is 2. The molecule has 0 amide bonds. The molecule has 0 bridgehead atoms. The van der Waals surface area contributed by atoms with E-state index in [4.69, 9.17) is 4.42 Å². The molecule has 0 fully saturated rings. The lowest BCUT2D eigenvalue weighted by Gasteiger charge is -2.10. The van der Waals surface area contributed by atoms with Crippen molar-refractivity contribution in [2.45, 2.75) is 19.8 Å². The molecule has 8 heteroatoms. The number of nitrogens with one attached hydrogen (secondary N) is 2. The average Bonchev–Trinajstić information content (AvgIpc) is 3.34. The Morgan fingerprint density at radius 2 is 2.00 bits per heavy atom. The van der Waals surface area contributed by atoms with Crippen LogP contribution in [0.1, 0.15) is 17.5 Å². The highest BCUT2D eigenvalue weighted by molar-refractivity contribution is 14.0. The quantitative estimate of drug-likeness (QED) is 0.264. The van der Waals surface area contributed by atoms with Crippen LogP contribution in [0.15, 0.2) is 57.5 Å². The van der Waals surface area contributed by atoms with Crippen molar-refractivity contribution in [3.63, 3.8) is 0 Å². The molecule has 0 aliphatic rings. The van der Waals surface area contributed by atoms with Crippen LogP contribution in [0, 0.1) is 5.82 Å². The van der Waals surface area contributed by atoms with Crippen molar-refractivity contribution >= 4 is 41.3 Å². The molecule has 0 radical (unpaired) electrons. The summed E-state index contributed by atoms with van der Waals surface area (Å²) in [5.74, 6) is 1.03. The highest BCUT2D eigenvalue weighted by Gasteiger charge is 2.07. The van der Waals surface area contributed by atoms with Crippen molar-refractivity contribution in [1.29, 1.82) is 0 Å². The predicted octanol–water partition coefficient (Wildman–Crippen LogP) is 4.50. The van der Waals surface area contributed by atoms with Gasteiger partial charge in [0.05, 0.1) is 5.69 Å². The van der Waals surface area contributed by atoms with E-state index in [0.717, 1.165) is 36.7 Å². The van der Waals surface area contributed by atoms with E-state index in [0.29, 0.717) is 18.9 Å². The van der Waals surface area contributed by atoms with E-state index >= 15 is 0 Å². The van der Waals surface area contributed by atoms with Gasteiger partial charge in [-0.05, 0) is 42.6 Å². The Kier molecular flexibility index (Phi) is 9.42. The first kappa shape index (κ1) is 22.4. The molecule has 0 aliphatic carbocycles. The van der Waals surface area contributed by atoms with Crippen molar-refractivity contribution in [3.05, 3.63) is 64.4 Å². The van der Waals surface area contributed by atoms with Gasteiger partial charge in [0.25, 0.3) is 0 Å². The summed E-state index contributed by atoms with van der Waals surface area (Å²) in [4.78, 5) is 10.4. The van der Waals surface area contributed by atoms with Gasteiger partial charge in [-0.15, -0.1) is 35.3 Å². The SMILES string of the molecule is CCNC(=NCCc1cccs1)NCCc1coc(-c2ccc(F)cc2)n1.I. The summed E-state index contributed by atoms with van der Waals surface area (Å²) in [6.45, 7) is 4.29. The van der Waals surface area contributed by atoms with Crippen LogP contribution in [0.3, 0.4) is 0 Å². The lowest BCUT2D eigenvalue weighted by molar-refractivity contribution is 0.571. The Morgan fingerprint density at radius 1 is 1.18 bits per heavy atom. The number of oxazole rings is 1. The highest BCUT2D eigenvalue weighted by Crippen LogP contribution is 2.19. The number of rotatable bonds is 8. The second kappa shape index (κ2) is 11.8. The van der Waals surface area contributed by atoms with E-state index in [-0.39, 0.29) is 29.8 Å². The van der Waals surface area contributed by atoms with E-state index in [9.17, 15) is 4.39 Å². The van der Waals surface area contributed by atoms with Gasteiger partial charge in [-0.25, -0.2) is 9.37 Å². The lowest BCUT2D eigenvalue weighted by atomic mass is 10.2. The Bertz CT molecular complexity index is 849. The summed E-state index contributed by atoms with van der Waals surface area (Å²) in [7, 11) is 0. The zero-order chi connectivity index (χ0) is 18.9. The number of aromatic nitrogens is 1. The summed E-state index contributed by atoms with van der Waals surface area (Å²) < 4.78 is 18.5. The van der Waals surface area contributed by atoms with Gasteiger partial charge in [-0.3, -0.25) is 4.99 Å². The Balaban J connectivity index is 0.00000280. The number of hydrogen-bond donors (Lipinski definition) is 2. The van der Waals surface area contributed by atoms with E-state index in [1.54, 1.807) is 29.7 Å². The molecule has 0 spiro atoms. The Morgan fingerprint density at radius 3 is 2.71 bits per heavy atom. The number of hydrogen-bond acceptors (Lipinski definition) is 4. The molecular weight excluding hydrogens is 490 g/mol. The largest absolute Gasteiger partial charge is 0.444 e. The van der Waals surface area contributed by atoms with E-state index in [1.165, 1.54) is 17.0 Å². The normalized spacial score (nSPS) is 11.1. The third kappa shape index (κ3) is 6.90. The summed E-state index contributed by atoms with van der Waals surface area (Å²) in [6.07, 6.45) is 3.29. The fourth-order valence-electron chi connectivity index (χ4n) is 2.53. The molecule has 0 saturated carbocycles. The number of thiophene rings is 1. The zero-order valence-electron chi connectivity index (χ0n) is 15.7. The van der Waals surface area contributed by atoms with E-state index < -0.39 is 0 Å². The van der Waals surface area contributed by atoms with E-state index in [1.807, 2.05) is 6.92 Å². The monoisotopic (exact) mass is 514 g/mol. The second-order valence-corrected chi connectivity index (χ2v) is 6.95. The first-order valence-corrected chi connectivity index (χ1v) is 9.87. The van der Waals surface area contributed by atoms with Gasteiger partial charge in [-0.1, -0.05) is 6.07 Å². The molecule has 3 aromatic rings. The fourth-order valence-corrected chi connectivity index (χ4v) is 3.23. The molecule has 0 unspecified atom stereocenters. The second-order valence-electron chi connectivity index (χ2n) is 5.92. The molecule has 2 N–H and O–H groups in total. The van der Waals surface area contributed by atoms with Crippen molar-refractivity contribution in [3.8, 4) is 11.5 Å². The van der Waals surface area contributed by atoms with Gasteiger partial charge in [0.2, 0.25) is 5.89 Å². The van der Waals surface area contributed by atoms with Crippen molar-refractivity contribution in [2.24, 2.45) is 4.99 Å². The lowest BCUT2D eigenvalue weighted by Crippen LogP contribution is -2.38. The summed E-state index contributed by atoms with van der Waals surface area (Å²) in [5, 5.41) is 8.65. The molecule has 28 heavy (non-hydrogen) atoms. The van der Waals surface area contributed by atoms with Crippen LogP contribution in [-0.2, 0) is 12.8 Å². The standard InChI is InChI=1S/C20H23FN4OS.HI/c1-2-22-20(24-12-10-18-4-3-13-27-18)23-11-9-17-14-26-19(25-17)15-5-7-16(21)8-6-15;/h3-8,13-14H,2,9-12H2,1H3,(H2,22,23,24);1H.